The lowest BCUT2D eigenvalue weighted by Crippen LogP contribution is -2.38. The normalized spacial score (nSPS) is 12.8. The quantitative estimate of drug-likeness (QED) is 0.181. The molecule has 0 amide bonds. The molecule has 0 aliphatic rings. The molecule has 10 heteroatoms. The van der Waals surface area contributed by atoms with Crippen LogP contribution >= 0.6 is 34.5 Å². The van der Waals surface area contributed by atoms with Gasteiger partial charge >= 0.3 is 12.1 Å². The Hall–Kier alpha value is -3.04. The van der Waals surface area contributed by atoms with Crippen molar-refractivity contribution in [2.45, 2.75) is 51.2 Å². The van der Waals surface area contributed by atoms with Crippen LogP contribution in [0.5, 0.6) is 5.75 Å². The summed E-state index contributed by atoms with van der Waals surface area (Å²) in [6, 6.07) is 22.0. The molecule has 4 nitrogen and oxygen atoms in total. The zero-order valence-electron chi connectivity index (χ0n) is 22.2. The summed E-state index contributed by atoms with van der Waals surface area (Å²) in [7, 11) is 0. The number of alkyl halides is 3. The Bertz CT molecular complexity index is 1490. The molecule has 1 aromatic heterocycles. The number of hydrogen-bond acceptors (Lipinski definition) is 4. The summed E-state index contributed by atoms with van der Waals surface area (Å²) in [6.45, 7) is 3.20. The van der Waals surface area contributed by atoms with E-state index in [1.54, 1.807) is 12.1 Å². The second kappa shape index (κ2) is 12.9. The lowest BCUT2D eigenvalue weighted by molar-refractivity contribution is -0.152. The highest BCUT2D eigenvalue weighted by atomic mass is 35.5. The van der Waals surface area contributed by atoms with E-state index in [1.807, 2.05) is 42.5 Å². The van der Waals surface area contributed by atoms with Crippen molar-refractivity contribution in [1.82, 2.24) is 0 Å². The summed E-state index contributed by atoms with van der Waals surface area (Å²) in [6.07, 6.45) is -3.69. The van der Waals surface area contributed by atoms with Crippen LogP contribution in [0.1, 0.15) is 47.9 Å². The van der Waals surface area contributed by atoms with Gasteiger partial charge in [-0.25, -0.2) is 4.79 Å². The van der Waals surface area contributed by atoms with E-state index in [4.69, 9.17) is 32.7 Å². The number of benzene rings is 3. The van der Waals surface area contributed by atoms with Gasteiger partial charge in [0.15, 0.2) is 5.60 Å². The molecular weight excluding hydrogens is 596 g/mol. The van der Waals surface area contributed by atoms with Gasteiger partial charge in [-0.2, -0.15) is 13.2 Å². The largest absolute Gasteiger partial charge is 0.478 e. The smallest absolute Gasteiger partial charge is 0.416 e. The fourth-order valence-electron chi connectivity index (χ4n) is 4.03. The molecule has 1 atom stereocenters. The lowest BCUT2D eigenvalue weighted by Gasteiger charge is -2.23. The van der Waals surface area contributed by atoms with E-state index in [1.165, 1.54) is 37.3 Å². The van der Waals surface area contributed by atoms with Crippen LogP contribution in [0.2, 0.25) is 10.0 Å². The van der Waals surface area contributed by atoms with Gasteiger partial charge in [-0.15, -0.1) is 11.3 Å². The van der Waals surface area contributed by atoms with Crippen molar-refractivity contribution in [2.75, 3.05) is 0 Å². The summed E-state index contributed by atoms with van der Waals surface area (Å²) in [5, 5.41) is 9.76. The van der Waals surface area contributed by atoms with E-state index in [2.05, 4.69) is 0 Å². The maximum Gasteiger partial charge on any atom is 0.416 e. The van der Waals surface area contributed by atoms with Gasteiger partial charge in [0.05, 0.1) is 23.3 Å². The first kappa shape index (κ1) is 30.9. The highest BCUT2D eigenvalue weighted by Gasteiger charge is 2.31. The molecule has 216 valence electrons. The number of carboxylic acids is 1. The minimum absolute atomic E-state index is 0.126. The Morgan fingerprint density at radius 1 is 0.927 bits per heavy atom. The van der Waals surface area contributed by atoms with Crippen LogP contribution in [0.15, 0.2) is 78.9 Å². The fraction of sp³-hybridized carbons (Fsp3) is 0.258. The first-order valence-electron chi connectivity index (χ1n) is 12.7. The molecule has 0 saturated heterocycles. The number of aliphatic carboxylic acids is 1. The molecule has 1 unspecified atom stereocenters. The van der Waals surface area contributed by atoms with E-state index in [0.717, 1.165) is 33.0 Å². The Balaban J connectivity index is 1.54. The van der Waals surface area contributed by atoms with Crippen molar-refractivity contribution >= 4 is 40.5 Å². The van der Waals surface area contributed by atoms with E-state index >= 15 is 0 Å². The monoisotopic (exact) mass is 622 g/mol. The highest BCUT2D eigenvalue weighted by molar-refractivity contribution is 7.15. The Morgan fingerprint density at radius 3 is 2.24 bits per heavy atom. The Morgan fingerprint density at radius 2 is 1.61 bits per heavy atom. The molecule has 0 aliphatic carbocycles. The van der Waals surface area contributed by atoms with Gasteiger partial charge in [0.2, 0.25) is 0 Å². The second-order valence-electron chi connectivity index (χ2n) is 9.87. The summed E-state index contributed by atoms with van der Waals surface area (Å²) in [5.41, 5.74) is 0.242. The van der Waals surface area contributed by atoms with E-state index < -0.39 is 23.3 Å². The van der Waals surface area contributed by atoms with Crippen LogP contribution in [0, 0.1) is 0 Å². The van der Waals surface area contributed by atoms with Crippen LogP contribution < -0.4 is 4.74 Å². The maximum absolute atomic E-state index is 13.0. The number of hydrogen-bond donors (Lipinski definition) is 1. The number of rotatable bonds is 11. The molecular formula is C31H27Cl2F3O4S. The third kappa shape index (κ3) is 7.83. The van der Waals surface area contributed by atoms with E-state index in [9.17, 15) is 23.1 Å². The average molecular weight is 624 g/mol. The number of thiophene rings is 1. The van der Waals surface area contributed by atoms with Crippen molar-refractivity contribution in [3.05, 3.63) is 110 Å². The average Bonchev–Trinajstić information content (AvgIpc) is 3.42. The van der Waals surface area contributed by atoms with Crippen LogP contribution in [0.25, 0.3) is 10.4 Å². The summed E-state index contributed by atoms with van der Waals surface area (Å²) < 4.78 is 50.9. The van der Waals surface area contributed by atoms with Gasteiger partial charge in [0, 0.05) is 9.75 Å². The Kier molecular flexibility index (Phi) is 9.70. The van der Waals surface area contributed by atoms with Gasteiger partial charge in [0.1, 0.15) is 10.8 Å². The molecule has 1 heterocycles. The van der Waals surface area contributed by atoms with Gasteiger partial charge in [0.25, 0.3) is 0 Å². The van der Waals surface area contributed by atoms with Crippen LogP contribution in [0.4, 0.5) is 13.2 Å². The number of carboxylic acid groups (broad SMARTS) is 1. The zero-order chi connectivity index (χ0) is 29.8. The molecule has 1 N–H and O–H groups in total. The summed E-state index contributed by atoms with van der Waals surface area (Å²) >= 11 is 14.5. The number of halogens is 5. The third-order valence-corrected chi connectivity index (χ3v) is 8.55. The minimum Gasteiger partial charge on any atom is -0.478 e. The van der Waals surface area contributed by atoms with Gasteiger partial charge in [-0.05, 0) is 73.7 Å². The molecule has 0 radical (unpaired) electrons. The predicted octanol–water partition coefficient (Wildman–Crippen LogP) is 9.87. The van der Waals surface area contributed by atoms with Crippen LogP contribution in [-0.4, -0.2) is 16.7 Å². The van der Waals surface area contributed by atoms with Crippen molar-refractivity contribution in [3.63, 3.8) is 0 Å². The third-order valence-electron chi connectivity index (χ3n) is 6.42. The topological polar surface area (TPSA) is 55.8 Å². The highest BCUT2D eigenvalue weighted by Crippen LogP contribution is 2.40. The molecule has 0 aliphatic heterocycles. The minimum atomic E-state index is -4.39. The summed E-state index contributed by atoms with van der Waals surface area (Å²) in [5.74, 6) is -0.970. The van der Waals surface area contributed by atoms with Crippen molar-refractivity contribution in [1.29, 1.82) is 0 Å². The number of ether oxygens (including phenoxy) is 2. The lowest BCUT2D eigenvalue weighted by atomic mass is 10.0. The first-order chi connectivity index (χ1) is 19.3. The molecule has 0 fully saturated rings. The summed E-state index contributed by atoms with van der Waals surface area (Å²) in [4.78, 5) is 13.2. The number of aryl methyl sites for hydroxylation is 1. The molecule has 0 saturated carbocycles. The van der Waals surface area contributed by atoms with Crippen LogP contribution in [-0.2, 0) is 28.7 Å². The zero-order valence-corrected chi connectivity index (χ0v) is 24.5. The fourth-order valence-corrected chi connectivity index (χ4v) is 5.60. The van der Waals surface area contributed by atoms with Crippen molar-refractivity contribution < 1.29 is 32.5 Å². The second-order valence-corrected chi connectivity index (χ2v) is 11.7. The van der Waals surface area contributed by atoms with Gasteiger partial charge in [-0.1, -0.05) is 71.7 Å². The molecule has 0 bridgehead atoms. The van der Waals surface area contributed by atoms with Crippen LogP contribution in [0.3, 0.4) is 0 Å². The molecule has 4 rings (SSSR count). The SMILES string of the molecule is CC(C)(Oc1ccc(CCC(OCc2ccccc2)c2ccc(-c3ccc(C(F)(F)F)cc3)s2)c(Cl)c1Cl)C(=O)O. The van der Waals surface area contributed by atoms with Crippen molar-refractivity contribution in [2.24, 2.45) is 0 Å². The molecule has 0 spiro atoms. The van der Waals surface area contributed by atoms with Gasteiger partial charge < -0.3 is 14.6 Å². The molecule has 4 aromatic rings. The molecule has 41 heavy (non-hydrogen) atoms. The number of carbonyl (C=O) groups is 1. The molecule has 3 aromatic carbocycles. The van der Waals surface area contributed by atoms with E-state index in [0.29, 0.717) is 25.0 Å². The Labute approximate surface area is 250 Å². The van der Waals surface area contributed by atoms with E-state index in [-0.39, 0.29) is 21.9 Å². The standard InChI is InChI=1S/C31H27Cl2F3O4S/c1-30(2,29(37)38)40-24-15-11-21(27(32)28(24)33)10-14-23(39-18-19-6-4-3-5-7-19)26-17-16-25(41-26)20-8-12-22(13-9-20)31(34,35)36/h3-9,11-13,15-17,23H,10,14,18H2,1-2H3,(H,37,38). The first-order valence-corrected chi connectivity index (χ1v) is 14.2. The van der Waals surface area contributed by atoms with Crippen molar-refractivity contribution in [3.8, 4) is 16.2 Å². The predicted molar refractivity (Wildman–Crippen MR) is 156 cm³/mol. The maximum atomic E-state index is 13.0. The van der Waals surface area contributed by atoms with Gasteiger partial charge in [-0.3, -0.25) is 0 Å².